The highest BCUT2D eigenvalue weighted by atomic mass is 19.1. The van der Waals surface area contributed by atoms with Gasteiger partial charge in [0.2, 0.25) is 5.96 Å². The monoisotopic (exact) mass is 458 g/mol. The number of aryl methyl sites for hydroxylation is 2. The second kappa shape index (κ2) is 10.6. The van der Waals surface area contributed by atoms with E-state index < -0.39 is 0 Å². The van der Waals surface area contributed by atoms with Gasteiger partial charge in [0.05, 0.1) is 11.8 Å². The van der Waals surface area contributed by atoms with Gasteiger partial charge >= 0.3 is 0 Å². The number of hydrogen-bond acceptors (Lipinski definition) is 2. The predicted molar refractivity (Wildman–Crippen MR) is 137 cm³/mol. The summed E-state index contributed by atoms with van der Waals surface area (Å²) in [5.74, 6) is 0.941. The lowest BCUT2D eigenvalue weighted by Crippen LogP contribution is -2.46. The van der Waals surface area contributed by atoms with Crippen molar-refractivity contribution in [1.29, 1.82) is 0 Å². The van der Waals surface area contributed by atoms with Crippen LogP contribution in [0.25, 0.3) is 0 Å². The summed E-state index contributed by atoms with van der Waals surface area (Å²) < 4.78 is 13.5. The first-order valence-electron chi connectivity index (χ1n) is 11.7. The minimum atomic E-state index is -0.316. The summed E-state index contributed by atoms with van der Waals surface area (Å²) in [6, 6.07) is 22.2. The fourth-order valence-electron chi connectivity index (χ4n) is 4.32. The molecule has 1 aliphatic rings. The number of guanidine groups is 1. The molecule has 3 aromatic rings. The highest BCUT2D eigenvalue weighted by molar-refractivity contribution is 6.14. The van der Waals surface area contributed by atoms with E-state index in [1.807, 2.05) is 36.4 Å². The molecule has 5 nitrogen and oxygen atoms in total. The van der Waals surface area contributed by atoms with Crippen molar-refractivity contribution in [1.82, 2.24) is 4.90 Å². The molecule has 2 N–H and O–H groups in total. The van der Waals surface area contributed by atoms with E-state index in [2.05, 4.69) is 43.1 Å². The van der Waals surface area contributed by atoms with E-state index in [1.54, 1.807) is 12.1 Å². The second-order valence-electron chi connectivity index (χ2n) is 8.83. The van der Waals surface area contributed by atoms with Gasteiger partial charge in [-0.15, -0.1) is 0 Å². The van der Waals surface area contributed by atoms with Crippen molar-refractivity contribution in [3.63, 3.8) is 0 Å². The quantitative estimate of drug-likeness (QED) is 0.383. The first kappa shape index (κ1) is 23.6. The van der Waals surface area contributed by atoms with Gasteiger partial charge in [0.15, 0.2) is 0 Å². The van der Waals surface area contributed by atoms with Crippen LogP contribution in [0.1, 0.15) is 36.5 Å². The zero-order valence-corrected chi connectivity index (χ0v) is 19.9. The van der Waals surface area contributed by atoms with Crippen molar-refractivity contribution in [2.24, 2.45) is 9.98 Å². The first-order valence-corrected chi connectivity index (χ1v) is 11.7. The Bertz CT molecular complexity index is 1150. The highest BCUT2D eigenvalue weighted by Gasteiger charge is 2.27. The molecule has 4 rings (SSSR count). The number of anilines is 1. The van der Waals surface area contributed by atoms with Crippen LogP contribution < -0.4 is 5.32 Å². The van der Waals surface area contributed by atoms with Crippen molar-refractivity contribution in [3.05, 3.63) is 95.3 Å². The molecule has 0 radical (unpaired) electrons. The summed E-state index contributed by atoms with van der Waals surface area (Å²) in [7, 11) is 0. The number of aliphatic hydroxyl groups excluding tert-OH is 1. The highest BCUT2D eigenvalue weighted by Crippen LogP contribution is 2.23. The van der Waals surface area contributed by atoms with E-state index >= 15 is 0 Å². The number of benzene rings is 3. The lowest BCUT2D eigenvalue weighted by molar-refractivity contribution is 0.0811. The van der Waals surface area contributed by atoms with Crippen LogP contribution in [-0.4, -0.2) is 40.5 Å². The van der Waals surface area contributed by atoms with Crippen LogP contribution in [0.15, 0.2) is 82.8 Å². The minimum absolute atomic E-state index is 0.0833. The SMILES string of the molecule is Cc1cccc(C)c1/C(=N/C(=Nc1ccccc1)N1CCC(O)CC1C)Nc1ccc(F)cc1. The smallest absolute Gasteiger partial charge is 0.228 e. The summed E-state index contributed by atoms with van der Waals surface area (Å²) in [4.78, 5) is 12.2. The van der Waals surface area contributed by atoms with Crippen LogP contribution in [0.2, 0.25) is 0 Å². The van der Waals surface area contributed by atoms with E-state index in [4.69, 9.17) is 9.98 Å². The molecule has 0 aromatic heterocycles. The number of piperidine rings is 1. The van der Waals surface area contributed by atoms with E-state index in [-0.39, 0.29) is 18.0 Å². The van der Waals surface area contributed by atoms with Gasteiger partial charge in [-0.05, 0) is 81.1 Å². The zero-order valence-electron chi connectivity index (χ0n) is 19.9. The van der Waals surface area contributed by atoms with Gasteiger partial charge in [-0.25, -0.2) is 9.38 Å². The van der Waals surface area contributed by atoms with E-state index in [0.29, 0.717) is 31.2 Å². The molecule has 1 saturated heterocycles. The zero-order chi connectivity index (χ0) is 24.1. The third-order valence-corrected chi connectivity index (χ3v) is 6.13. The van der Waals surface area contributed by atoms with Crippen LogP contribution >= 0.6 is 0 Å². The van der Waals surface area contributed by atoms with Crippen LogP contribution in [-0.2, 0) is 0 Å². The number of nitrogens with one attached hydrogen (secondary N) is 1. The maximum Gasteiger partial charge on any atom is 0.228 e. The maximum atomic E-state index is 13.5. The van der Waals surface area contributed by atoms with Crippen LogP contribution in [0.3, 0.4) is 0 Å². The van der Waals surface area contributed by atoms with Gasteiger partial charge in [-0.1, -0.05) is 36.4 Å². The molecule has 0 spiro atoms. The maximum absolute atomic E-state index is 13.5. The van der Waals surface area contributed by atoms with Crippen molar-refractivity contribution in [3.8, 4) is 0 Å². The summed E-state index contributed by atoms with van der Waals surface area (Å²) in [6.45, 7) is 6.86. The summed E-state index contributed by atoms with van der Waals surface area (Å²) in [5.41, 5.74) is 4.69. The van der Waals surface area contributed by atoms with Crippen molar-refractivity contribution in [2.45, 2.75) is 45.8 Å². The summed E-state index contributed by atoms with van der Waals surface area (Å²) in [6.07, 6.45) is 1.01. The third kappa shape index (κ3) is 5.69. The van der Waals surface area contributed by atoms with Crippen molar-refractivity contribution < 1.29 is 9.50 Å². The molecule has 0 bridgehead atoms. The van der Waals surface area contributed by atoms with E-state index in [0.717, 1.165) is 28.1 Å². The average molecular weight is 459 g/mol. The van der Waals surface area contributed by atoms with Gasteiger partial charge in [0, 0.05) is 23.8 Å². The Morgan fingerprint density at radius 1 is 0.971 bits per heavy atom. The van der Waals surface area contributed by atoms with E-state index in [9.17, 15) is 9.50 Å². The largest absolute Gasteiger partial charge is 0.393 e. The molecular formula is C28H31FN4O. The number of para-hydroxylation sites is 1. The number of aliphatic imine (C=N–C) groups is 2. The standard InChI is InChI=1S/C28H31FN4O/c1-19-8-7-9-20(2)26(19)27(30-24-14-12-22(29)13-15-24)32-28(31-23-10-5-4-6-11-23)33-17-16-25(34)18-21(33)3/h4-15,21,25,34H,16-18H2,1-3H3,(H,30,31,32). The predicted octanol–water partition coefficient (Wildman–Crippen LogP) is 5.83. The molecule has 2 atom stereocenters. The fourth-order valence-corrected chi connectivity index (χ4v) is 4.32. The van der Waals surface area contributed by atoms with Crippen LogP contribution in [0.5, 0.6) is 0 Å². The Morgan fingerprint density at radius 2 is 1.65 bits per heavy atom. The molecule has 3 aromatic carbocycles. The second-order valence-corrected chi connectivity index (χ2v) is 8.83. The minimum Gasteiger partial charge on any atom is -0.393 e. The topological polar surface area (TPSA) is 60.2 Å². The third-order valence-electron chi connectivity index (χ3n) is 6.13. The molecule has 2 unspecified atom stereocenters. The molecule has 0 aliphatic carbocycles. The Morgan fingerprint density at radius 3 is 2.29 bits per heavy atom. The van der Waals surface area contributed by atoms with Crippen molar-refractivity contribution in [2.75, 3.05) is 11.9 Å². The molecule has 1 heterocycles. The fraction of sp³-hybridized carbons (Fsp3) is 0.286. The van der Waals surface area contributed by atoms with Gasteiger partial charge in [-0.3, -0.25) is 0 Å². The summed E-state index contributed by atoms with van der Waals surface area (Å²) in [5, 5.41) is 13.6. The molecular weight excluding hydrogens is 427 g/mol. The Labute approximate surface area is 200 Å². The molecule has 1 fully saturated rings. The molecule has 176 valence electrons. The number of rotatable bonds is 3. The number of amidine groups is 1. The lowest BCUT2D eigenvalue weighted by Gasteiger charge is -2.36. The number of halogens is 1. The Kier molecular flexibility index (Phi) is 7.38. The van der Waals surface area contributed by atoms with Crippen molar-refractivity contribution >= 4 is 23.2 Å². The number of aliphatic hydroxyl groups is 1. The number of hydrogen-bond donors (Lipinski definition) is 2. The average Bonchev–Trinajstić information content (AvgIpc) is 2.81. The Balaban J connectivity index is 1.84. The van der Waals surface area contributed by atoms with E-state index in [1.165, 1.54) is 12.1 Å². The number of likely N-dealkylation sites (tertiary alicyclic amines) is 1. The van der Waals surface area contributed by atoms with Crippen LogP contribution in [0, 0.1) is 19.7 Å². The molecule has 0 amide bonds. The molecule has 0 saturated carbocycles. The summed E-state index contributed by atoms with van der Waals surface area (Å²) >= 11 is 0. The lowest BCUT2D eigenvalue weighted by atomic mass is 10.0. The van der Waals surface area contributed by atoms with Gasteiger partial charge < -0.3 is 15.3 Å². The Hall–Kier alpha value is -3.51. The normalized spacial score (nSPS) is 19.3. The van der Waals surface area contributed by atoms with Gasteiger partial charge in [0.1, 0.15) is 11.7 Å². The van der Waals surface area contributed by atoms with Crippen LogP contribution in [0.4, 0.5) is 15.8 Å². The molecule has 1 aliphatic heterocycles. The first-order chi connectivity index (χ1) is 16.4. The molecule has 34 heavy (non-hydrogen) atoms. The van der Waals surface area contributed by atoms with Gasteiger partial charge in [0.25, 0.3) is 0 Å². The number of nitrogens with zero attached hydrogens (tertiary/aromatic N) is 3. The van der Waals surface area contributed by atoms with Gasteiger partial charge in [-0.2, -0.15) is 4.99 Å². The molecule has 6 heteroatoms.